The van der Waals surface area contributed by atoms with Crippen LogP contribution in [-0.4, -0.2) is 41.6 Å². The van der Waals surface area contributed by atoms with Crippen LogP contribution < -0.4 is 20.7 Å². The molecule has 4 aromatic rings. The molecule has 4 aromatic carbocycles. The van der Waals surface area contributed by atoms with Crippen LogP contribution in [0.1, 0.15) is 54.9 Å². The van der Waals surface area contributed by atoms with Crippen LogP contribution in [0.5, 0.6) is 0 Å². The Hall–Kier alpha value is -2.81. The zero-order valence-corrected chi connectivity index (χ0v) is 29.0. The van der Waals surface area contributed by atoms with Crippen molar-refractivity contribution in [3.05, 3.63) is 121 Å². The van der Waals surface area contributed by atoms with E-state index in [1.807, 2.05) is 0 Å². The molecule has 0 aromatic heterocycles. The third-order valence-corrected chi connectivity index (χ3v) is 19.3. The molecule has 1 unspecified atom stereocenters. The summed E-state index contributed by atoms with van der Waals surface area (Å²) in [6.07, 6.45) is 0.908. The van der Waals surface area contributed by atoms with Crippen LogP contribution >= 0.6 is 0 Å². The Kier molecular flexibility index (Phi) is 9.04. The number of ether oxygens (including phenoxy) is 1. The Morgan fingerprint density at radius 3 is 1.14 bits per heavy atom. The summed E-state index contributed by atoms with van der Waals surface area (Å²) >= 11 is 0. The number of epoxide rings is 1. The predicted molar refractivity (Wildman–Crippen MR) is 185 cm³/mol. The van der Waals surface area contributed by atoms with E-state index in [9.17, 15) is 0 Å². The second-order valence-electron chi connectivity index (χ2n) is 14.0. The molecule has 0 amide bonds. The lowest BCUT2D eigenvalue weighted by Crippen LogP contribution is -2.67. The van der Waals surface area contributed by atoms with E-state index >= 15 is 0 Å². The number of hydrogen-bond donors (Lipinski definition) is 0. The van der Waals surface area contributed by atoms with Crippen molar-refractivity contribution >= 4 is 37.4 Å². The fraction of sp³-hybridized carbons (Fsp3) is 0.368. The fourth-order valence-corrected chi connectivity index (χ4v) is 16.1. The molecule has 226 valence electrons. The normalized spacial score (nSPS) is 19.3. The van der Waals surface area contributed by atoms with E-state index in [0.29, 0.717) is 13.2 Å². The molecule has 1 heterocycles. The van der Waals surface area contributed by atoms with Gasteiger partial charge in [-0.1, -0.05) is 163 Å². The fourth-order valence-electron chi connectivity index (χ4n) is 6.93. The number of hydrogen-bond acceptors (Lipinski definition) is 3. The van der Waals surface area contributed by atoms with Crippen LogP contribution in [0, 0.1) is 0 Å². The van der Waals surface area contributed by atoms with Crippen molar-refractivity contribution in [3.63, 3.8) is 0 Å². The van der Waals surface area contributed by atoms with Gasteiger partial charge in [0.15, 0.2) is 0 Å². The SMILES string of the molecule is CC1O[C@]1(CCO[Si](c1ccccc1)(c1ccccc1)C(C)(C)C)CO[Si](c1ccccc1)(c1ccccc1)C(C)(C)C. The van der Waals surface area contributed by atoms with Crippen LogP contribution in [-0.2, 0) is 13.6 Å². The van der Waals surface area contributed by atoms with Gasteiger partial charge in [0.1, 0.15) is 5.60 Å². The maximum Gasteiger partial charge on any atom is 0.261 e. The van der Waals surface area contributed by atoms with Crippen molar-refractivity contribution in [2.45, 2.75) is 76.7 Å². The lowest BCUT2D eigenvalue weighted by atomic mass is 10.0. The highest BCUT2D eigenvalue weighted by Gasteiger charge is 2.58. The minimum Gasteiger partial charge on any atom is -0.407 e. The molecule has 0 N–H and O–H groups in total. The van der Waals surface area contributed by atoms with E-state index in [0.717, 1.165) is 6.42 Å². The van der Waals surface area contributed by atoms with Crippen molar-refractivity contribution in [3.8, 4) is 0 Å². The molecule has 0 spiro atoms. The van der Waals surface area contributed by atoms with E-state index < -0.39 is 16.6 Å². The average molecular weight is 609 g/mol. The van der Waals surface area contributed by atoms with E-state index in [1.165, 1.54) is 20.7 Å². The minimum absolute atomic E-state index is 0.0652. The average Bonchev–Trinajstić information content (AvgIpc) is 3.64. The lowest BCUT2D eigenvalue weighted by molar-refractivity contribution is 0.149. The summed E-state index contributed by atoms with van der Waals surface area (Å²) in [5, 5.41) is 5.04. The van der Waals surface area contributed by atoms with Crippen molar-refractivity contribution in [1.82, 2.24) is 0 Å². The Balaban J connectivity index is 1.45. The zero-order chi connectivity index (χ0) is 30.8. The van der Waals surface area contributed by atoms with Gasteiger partial charge in [-0.25, -0.2) is 0 Å². The molecule has 1 aliphatic heterocycles. The van der Waals surface area contributed by atoms with Gasteiger partial charge < -0.3 is 13.6 Å². The van der Waals surface area contributed by atoms with Crippen LogP contribution in [0.4, 0.5) is 0 Å². The van der Waals surface area contributed by atoms with Gasteiger partial charge in [0, 0.05) is 13.0 Å². The van der Waals surface area contributed by atoms with Crippen molar-refractivity contribution in [2.24, 2.45) is 0 Å². The second kappa shape index (κ2) is 12.3. The summed E-state index contributed by atoms with van der Waals surface area (Å²) in [7, 11) is -5.30. The molecule has 3 nitrogen and oxygen atoms in total. The summed E-state index contributed by atoms with van der Waals surface area (Å²) < 4.78 is 21.1. The van der Waals surface area contributed by atoms with E-state index in [2.05, 4.69) is 170 Å². The standard InChI is InChI=1S/C38H48O3Si2/c1-31-38(41-31,30-40-43(37(5,6)7,34-24-16-10-17-25-34)35-26-18-11-19-27-35)28-29-39-42(36(2,3)4,32-20-12-8-13-21-32)33-22-14-9-15-23-33/h8-27,31H,28-30H2,1-7H3/t31?,38-/m1/s1. The lowest BCUT2D eigenvalue weighted by Gasteiger charge is -2.44. The molecule has 0 radical (unpaired) electrons. The van der Waals surface area contributed by atoms with E-state index in [-0.39, 0.29) is 21.8 Å². The van der Waals surface area contributed by atoms with Crippen molar-refractivity contribution in [1.29, 1.82) is 0 Å². The molecular weight excluding hydrogens is 561 g/mol. The van der Waals surface area contributed by atoms with Gasteiger partial charge in [-0.15, -0.1) is 0 Å². The van der Waals surface area contributed by atoms with Gasteiger partial charge in [0.2, 0.25) is 0 Å². The maximum absolute atomic E-state index is 7.35. The first-order chi connectivity index (χ1) is 20.5. The summed E-state index contributed by atoms with van der Waals surface area (Å²) in [6.45, 7) is 17.3. The van der Waals surface area contributed by atoms with Crippen LogP contribution in [0.25, 0.3) is 0 Å². The molecule has 0 bridgehead atoms. The monoisotopic (exact) mass is 608 g/mol. The van der Waals surface area contributed by atoms with Gasteiger partial charge >= 0.3 is 0 Å². The van der Waals surface area contributed by atoms with Crippen LogP contribution in [0.3, 0.4) is 0 Å². The van der Waals surface area contributed by atoms with Gasteiger partial charge in [0.05, 0.1) is 12.7 Å². The first-order valence-corrected chi connectivity index (χ1v) is 19.5. The van der Waals surface area contributed by atoms with Crippen molar-refractivity contribution in [2.75, 3.05) is 13.2 Å². The van der Waals surface area contributed by atoms with Gasteiger partial charge in [-0.05, 0) is 37.7 Å². The highest BCUT2D eigenvalue weighted by molar-refractivity contribution is 7.00. The first-order valence-electron chi connectivity index (χ1n) is 15.6. The summed E-state index contributed by atoms with van der Waals surface area (Å²) in [5.41, 5.74) is -0.363. The Morgan fingerprint density at radius 2 is 0.860 bits per heavy atom. The molecule has 2 atom stereocenters. The molecular formula is C38H48O3Si2. The summed E-state index contributed by atoms with van der Waals surface area (Å²) in [5.74, 6) is 0. The van der Waals surface area contributed by atoms with Gasteiger partial charge in [0.25, 0.3) is 16.6 Å². The molecule has 0 saturated carbocycles. The molecule has 5 rings (SSSR count). The molecule has 1 aliphatic rings. The van der Waals surface area contributed by atoms with Gasteiger partial charge in [-0.2, -0.15) is 0 Å². The molecule has 43 heavy (non-hydrogen) atoms. The first kappa shape index (κ1) is 31.6. The number of rotatable bonds is 11. The van der Waals surface area contributed by atoms with E-state index in [1.54, 1.807) is 0 Å². The van der Waals surface area contributed by atoms with Gasteiger partial charge in [-0.3, -0.25) is 0 Å². The van der Waals surface area contributed by atoms with E-state index in [4.69, 9.17) is 13.6 Å². The van der Waals surface area contributed by atoms with Crippen LogP contribution in [0.15, 0.2) is 121 Å². The second-order valence-corrected chi connectivity index (χ2v) is 22.6. The quantitative estimate of drug-likeness (QED) is 0.141. The topological polar surface area (TPSA) is 31.0 Å². The minimum atomic E-state index is -2.67. The zero-order valence-electron chi connectivity index (χ0n) is 27.0. The molecule has 0 aliphatic carbocycles. The Labute approximate surface area is 261 Å². The number of benzene rings is 4. The maximum atomic E-state index is 7.35. The largest absolute Gasteiger partial charge is 0.407 e. The predicted octanol–water partition coefficient (Wildman–Crippen LogP) is 6.69. The van der Waals surface area contributed by atoms with Crippen molar-refractivity contribution < 1.29 is 13.6 Å². The smallest absolute Gasteiger partial charge is 0.261 e. The molecule has 5 heteroatoms. The Morgan fingerprint density at radius 1 is 0.558 bits per heavy atom. The third kappa shape index (κ3) is 5.98. The highest BCUT2D eigenvalue weighted by Crippen LogP contribution is 2.44. The van der Waals surface area contributed by atoms with Crippen LogP contribution in [0.2, 0.25) is 10.1 Å². The third-order valence-electron chi connectivity index (χ3n) is 9.31. The summed E-state index contributed by atoms with van der Waals surface area (Å²) in [6, 6.07) is 43.5. The summed E-state index contributed by atoms with van der Waals surface area (Å²) in [4.78, 5) is 0. The molecule has 1 saturated heterocycles. The molecule has 1 fully saturated rings. The Bertz CT molecular complexity index is 1370. The highest BCUT2D eigenvalue weighted by atomic mass is 28.4.